The number of hydrogen-bond donors (Lipinski definition) is 1. The summed E-state index contributed by atoms with van der Waals surface area (Å²) in [6.45, 7) is 10.5. The average molecular weight is 184 g/mol. The molecular formula is C11H24N2. The van der Waals surface area contributed by atoms with Crippen molar-refractivity contribution in [2.45, 2.75) is 46.1 Å². The number of hydrogen-bond acceptors (Lipinski definition) is 2. The molecule has 78 valence electrons. The second-order valence-corrected chi connectivity index (χ2v) is 5.51. The Labute approximate surface area is 82.5 Å². The van der Waals surface area contributed by atoms with Crippen LogP contribution in [0.5, 0.6) is 0 Å². The first-order valence-electron chi connectivity index (χ1n) is 5.45. The first-order valence-corrected chi connectivity index (χ1v) is 5.45. The largest absolute Gasteiger partial charge is 0.327 e. The van der Waals surface area contributed by atoms with Crippen LogP contribution in [0, 0.1) is 5.41 Å². The molecule has 0 amide bonds. The quantitative estimate of drug-likeness (QED) is 0.709. The Balaban J connectivity index is 2.21. The van der Waals surface area contributed by atoms with Crippen molar-refractivity contribution in [3.8, 4) is 0 Å². The van der Waals surface area contributed by atoms with Gasteiger partial charge in [0.05, 0.1) is 0 Å². The summed E-state index contributed by atoms with van der Waals surface area (Å²) in [5.41, 5.74) is 6.38. The summed E-state index contributed by atoms with van der Waals surface area (Å²) < 4.78 is 0. The van der Waals surface area contributed by atoms with Gasteiger partial charge in [-0.15, -0.1) is 0 Å². The van der Waals surface area contributed by atoms with Gasteiger partial charge < -0.3 is 10.6 Å². The van der Waals surface area contributed by atoms with E-state index >= 15 is 0 Å². The Morgan fingerprint density at radius 3 is 2.62 bits per heavy atom. The molecule has 1 atom stereocenters. The summed E-state index contributed by atoms with van der Waals surface area (Å²) in [4.78, 5) is 2.51. The van der Waals surface area contributed by atoms with Crippen LogP contribution >= 0.6 is 0 Å². The Morgan fingerprint density at radius 2 is 2.08 bits per heavy atom. The van der Waals surface area contributed by atoms with Gasteiger partial charge in [0.15, 0.2) is 0 Å². The fraction of sp³-hybridized carbons (Fsp3) is 1.00. The Hall–Kier alpha value is -0.0800. The van der Waals surface area contributed by atoms with E-state index < -0.39 is 0 Å². The number of rotatable bonds is 2. The van der Waals surface area contributed by atoms with E-state index in [1.165, 1.54) is 32.4 Å². The first kappa shape index (κ1) is 11.0. The standard InChI is InChI=1S/C11H24N2/c1-11(2,3)6-8-13-7-4-5-10(12)9-13/h10H,4-9,12H2,1-3H3/t10-/m1/s1. The zero-order chi connectivity index (χ0) is 9.90. The number of piperidine rings is 1. The van der Waals surface area contributed by atoms with E-state index in [1.807, 2.05) is 0 Å². The van der Waals surface area contributed by atoms with E-state index in [2.05, 4.69) is 25.7 Å². The minimum atomic E-state index is 0.425. The van der Waals surface area contributed by atoms with Crippen molar-refractivity contribution in [2.24, 2.45) is 11.1 Å². The molecule has 0 aromatic rings. The van der Waals surface area contributed by atoms with Crippen LogP contribution in [-0.2, 0) is 0 Å². The number of likely N-dealkylation sites (tertiary alicyclic amines) is 1. The van der Waals surface area contributed by atoms with Gasteiger partial charge in [0.1, 0.15) is 0 Å². The second kappa shape index (κ2) is 4.43. The van der Waals surface area contributed by atoms with Crippen LogP contribution < -0.4 is 5.73 Å². The number of nitrogens with zero attached hydrogens (tertiary/aromatic N) is 1. The van der Waals surface area contributed by atoms with Crippen LogP contribution in [0.1, 0.15) is 40.0 Å². The summed E-state index contributed by atoms with van der Waals surface area (Å²) in [6.07, 6.45) is 3.77. The van der Waals surface area contributed by atoms with Gasteiger partial charge in [0.2, 0.25) is 0 Å². The Kier molecular flexibility index (Phi) is 3.74. The minimum Gasteiger partial charge on any atom is -0.327 e. The minimum absolute atomic E-state index is 0.425. The fourth-order valence-electron chi connectivity index (χ4n) is 1.79. The zero-order valence-electron chi connectivity index (χ0n) is 9.34. The van der Waals surface area contributed by atoms with Gasteiger partial charge in [0.25, 0.3) is 0 Å². The smallest absolute Gasteiger partial charge is 0.0168 e. The van der Waals surface area contributed by atoms with Gasteiger partial charge in [-0.3, -0.25) is 0 Å². The summed E-state index contributed by atoms with van der Waals surface area (Å²) >= 11 is 0. The predicted octanol–water partition coefficient (Wildman–Crippen LogP) is 1.85. The zero-order valence-corrected chi connectivity index (χ0v) is 9.34. The van der Waals surface area contributed by atoms with E-state index in [0.29, 0.717) is 11.5 Å². The SMILES string of the molecule is CC(C)(C)CCN1CCC[C@@H](N)C1. The highest BCUT2D eigenvalue weighted by atomic mass is 15.1. The van der Waals surface area contributed by atoms with E-state index in [0.717, 1.165) is 6.54 Å². The molecule has 0 saturated carbocycles. The highest BCUT2D eigenvalue weighted by Crippen LogP contribution is 2.20. The van der Waals surface area contributed by atoms with E-state index in [-0.39, 0.29) is 0 Å². The highest BCUT2D eigenvalue weighted by molar-refractivity contribution is 4.76. The van der Waals surface area contributed by atoms with Crippen molar-refractivity contribution in [1.29, 1.82) is 0 Å². The van der Waals surface area contributed by atoms with Crippen LogP contribution in [0.25, 0.3) is 0 Å². The second-order valence-electron chi connectivity index (χ2n) is 5.51. The predicted molar refractivity (Wildman–Crippen MR) is 57.7 cm³/mol. The lowest BCUT2D eigenvalue weighted by atomic mass is 9.91. The molecule has 0 bridgehead atoms. The van der Waals surface area contributed by atoms with Crippen LogP contribution in [0.4, 0.5) is 0 Å². The molecule has 0 unspecified atom stereocenters. The molecule has 0 radical (unpaired) electrons. The molecular weight excluding hydrogens is 160 g/mol. The Bertz CT molecular complexity index is 149. The molecule has 2 nitrogen and oxygen atoms in total. The molecule has 0 aliphatic carbocycles. The molecule has 2 heteroatoms. The third-order valence-electron chi connectivity index (χ3n) is 2.72. The van der Waals surface area contributed by atoms with Gasteiger partial charge in [-0.05, 0) is 37.8 Å². The summed E-state index contributed by atoms with van der Waals surface area (Å²) in [5.74, 6) is 0. The van der Waals surface area contributed by atoms with Crippen molar-refractivity contribution >= 4 is 0 Å². The lowest BCUT2D eigenvalue weighted by Gasteiger charge is -2.32. The molecule has 13 heavy (non-hydrogen) atoms. The van der Waals surface area contributed by atoms with Crippen molar-refractivity contribution in [3.05, 3.63) is 0 Å². The molecule has 0 aromatic carbocycles. The summed E-state index contributed by atoms with van der Waals surface area (Å²) in [7, 11) is 0. The van der Waals surface area contributed by atoms with Crippen LogP contribution in [-0.4, -0.2) is 30.6 Å². The summed E-state index contributed by atoms with van der Waals surface area (Å²) in [5, 5.41) is 0. The van der Waals surface area contributed by atoms with Crippen molar-refractivity contribution in [3.63, 3.8) is 0 Å². The van der Waals surface area contributed by atoms with E-state index in [1.54, 1.807) is 0 Å². The van der Waals surface area contributed by atoms with Crippen molar-refractivity contribution in [1.82, 2.24) is 4.90 Å². The first-order chi connectivity index (χ1) is 5.97. The third kappa shape index (κ3) is 4.63. The van der Waals surface area contributed by atoms with Gasteiger partial charge in [-0.2, -0.15) is 0 Å². The third-order valence-corrected chi connectivity index (χ3v) is 2.72. The molecule has 2 N–H and O–H groups in total. The number of nitrogens with two attached hydrogens (primary N) is 1. The normalized spacial score (nSPS) is 26.3. The average Bonchev–Trinajstić information content (AvgIpc) is 2.00. The molecule has 1 aliphatic heterocycles. The fourth-order valence-corrected chi connectivity index (χ4v) is 1.79. The van der Waals surface area contributed by atoms with Crippen LogP contribution in [0.15, 0.2) is 0 Å². The van der Waals surface area contributed by atoms with Gasteiger partial charge in [0, 0.05) is 12.6 Å². The van der Waals surface area contributed by atoms with E-state index in [4.69, 9.17) is 5.73 Å². The lowest BCUT2D eigenvalue weighted by Crippen LogP contribution is -2.43. The molecule has 1 rings (SSSR count). The maximum atomic E-state index is 5.92. The summed E-state index contributed by atoms with van der Waals surface area (Å²) in [6, 6.07) is 0.425. The monoisotopic (exact) mass is 184 g/mol. The lowest BCUT2D eigenvalue weighted by molar-refractivity contribution is 0.182. The topological polar surface area (TPSA) is 29.3 Å². The maximum absolute atomic E-state index is 5.92. The molecule has 0 spiro atoms. The molecule has 0 aromatic heterocycles. The van der Waals surface area contributed by atoms with E-state index in [9.17, 15) is 0 Å². The Morgan fingerprint density at radius 1 is 1.38 bits per heavy atom. The van der Waals surface area contributed by atoms with Gasteiger partial charge in [-0.1, -0.05) is 20.8 Å². The molecule has 1 aliphatic rings. The highest BCUT2D eigenvalue weighted by Gasteiger charge is 2.18. The van der Waals surface area contributed by atoms with Gasteiger partial charge in [-0.25, -0.2) is 0 Å². The van der Waals surface area contributed by atoms with Crippen molar-refractivity contribution < 1.29 is 0 Å². The maximum Gasteiger partial charge on any atom is 0.0168 e. The molecule has 1 heterocycles. The van der Waals surface area contributed by atoms with Crippen molar-refractivity contribution in [2.75, 3.05) is 19.6 Å². The van der Waals surface area contributed by atoms with Crippen LogP contribution in [0.2, 0.25) is 0 Å². The van der Waals surface area contributed by atoms with Gasteiger partial charge >= 0.3 is 0 Å². The molecule has 1 fully saturated rings. The molecule has 1 saturated heterocycles. The van der Waals surface area contributed by atoms with Crippen LogP contribution in [0.3, 0.4) is 0 Å².